The number of benzene rings is 1. The standard InChI is InChI=1S/C14H20N4O/c1-10-12(9-18(2)17-10)13(16-15)8-11-6-4-5-7-14(11)19-3/h4-7,9,13,16H,8,15H2,1-3H3. The van der Waals surface area contributed by atoms with Crippen LogP contribution in [-0.2, 0) is 13.5 Å². The van der Waals surface area contributed by atoms with Gasteiger partial charge < -0.3 is 4.74 Å². The van der Waals surface area contributed by atoms with Crippen molar-refractivity contribution in [3.63, 3.8) is 0 Å². The first-order valence-corrected chi connectivity index (χ1v) is 6.24. The summed E-state index contributed by atoms with van der Waals surface area (Å²) >= 11 is 0. The number of aromatic nitrogens is 2. The maximum Gasteiger partial charge on any atom is 0.122 e. The zero-order valence-electron chi connectivity index (χ0n) is 11.6. The summed E-state index contributed by atoms with van der Waals surface area (Å²) < 4.78 is 7.18. The number of nitrogens with zero attached hydrogens (tertiary/aromatic N) is 2. The third-order valence-corrected chi connectivity index (χ3v) is 3.24. The van der Waals surface area contributed by atoms with Gasteiger partial charge in [0.15, 0.2) is 0 Å². The van der Waals surface area contributed by atoms with Crippen LogP contribution in [-0.4, -0.2) is 16.9 Å². The lowest BCUT2D eigenvalue weighted by molar-refractivity contribution is 0.405. The minimum absolute atomic E-state index is 0.0185. The van der Waals surface area contributed by atoms with E-state index in [1.54, 1.807) is 11.8 Å². The number of methoxy groups -OCH3 is 1. The molecule has 5 nitrogen and oxygen atoms in total. The molecule has 1 aromatic carbocycles. The van der Waals surface area contributed by atoms with Gasteiger partial charge in [0.1, 0.15) is 5.75 Å². The van der Waals surface area contributed by atoms with Gasteiger partial charge in [-0.25, -0.2) is 0 Å². The van der Waals surface area contributed by atoms with E-state index in [2.05, 4.69) is 16.6 Å². The fraction of sp³-hybridized carbons (Fsp3) is 0.357. The molecule has 0 saturated carbocycles. The molecule has 1 aromatic heterocycles. The maximum atomic E-state index is 5.69. The monoisotopic (exact) mass is 260 g/mol. The second kappa shape index (κ2) is 5.86. The molecule has 2 aromatic rings. The van der Waals surface area contributed by atoms with Crippen LogP contribution in [0.4, 0.5) is 0 Å². The minimum atomic E-state index is 0.0185. The molecule has 0 fully saturated rings. The molecular weight excluding hydrogens is 240 g/mol. The molecule has 19 heavy (non-hydrogen) atoms. The van der Waals surface area contributed by atoms with Crippen molar-refractivity contribution in [1.82, 2.24) is 15.2 Å². The highest BCUT2D eigenvalue weighted by molar-refractivity contribution is 5.35. The normalized spacial score (nSPS) is 12.4. The fourth-order valence-corrected chi connectivity index (χ4v) is 2.31. The topological polar surface area (TPSA) is 65.1 Å². The van der Waals surface area contributed by atoms with Gasteiger partial charge in [0.05, 0.1) is 18.8 Å². The first kappa shape index (κ1) is 13.6. The van der Waals surface area contributed by atoms with E-state index >= 15 is 0 Å². The molecule has 0 aliphatic heterocycles. The molecular formula is C14H20N4O. The van der Waals surface area contributed by atoms with Crippen LogP contribution in [0.2, 0.25) is 0 Å². The van der Waals surface area contributed by atoms with Crippen molar-refractivity contribution in [3.05, 3.63) is 47.3 Å². The molecule has 0 aliphatic rings. The minimum Gasteiger partial charge on any atom is -0.496 e. The zero-order valence-corrected chi connectivity index (χ0v) is 11.6. The van der Waals surface area contributed by atoms with Crippen LogP contribution in [0.5, 0.6) is 5.75 Å². The molecule has 0 saturated heterocycles. The van der Waals surface area contributed by atoms with Crippen molar-refractivity contribution in [2.45, 2.75) is 19.4 Å². The van der Waals surface area contributed by atoms with Crippen LogP contribution in [0.1, 0.15) is 22.9 Å². The van der Waals surface area contributed by atoms with Crippen molar-refractivity contribution < 1.29 is 4.74 Å². The number of hydrogen-bond acceptors (Lipinski definition) is 4. The van der Waals surface area contributed by atoms with Gasteiger partial charge in [-0.2, -0.15) is 5.10 Å². The Labute approximate surface area is 113 Å². The van der Waals surface area contributed by atoms with E-state index in [0.717, 1.165) is 29.0 Å². The quantitative estimate of drug-likeness (QED) is 0.631. The van der Waals surface area contributed by atoms with E-state index in [-0.39, 0.29) is 6.04 Å². The van der Waals surface area contributed by atoms with Crippen molar-refractivity contribution in [2.24, 2.45) is 12.9 Å². The lowest BCUT2D eigenvalue weighted by Gasteiger charge is -2.17. The summed E-state index contributed by atoms with van der Waals surface area (Å²) in [6.07, 6.45) is 2.75. The van der Waals surface area contributed by atoms with E-state index < -0.39 is 0 Å². The second-order valence-corrected chi connectivity index (χ2v) is 4.58. The average molecular weight is 260 g/mol. The van der Waals surface area contributed by atoms with Gasteiger partial charge in [0.25, 0.3) is 0 Å². The predicted molar refractivity (Wildman–Crippen MR) is 74.7 cm³/mol. The van der Waals surface area contributed by atoms with Gasteiger partial charge in [0, 0.05) is 18.8 Å². The van der Waals surface area contributed by atoms with Crippen LogP contribution < -0.4 is 16.0 Å². The van der Waals surface area contributed by atoms with Gasteiger partial charge in [-0.1, -0.05) is 18.2 Å². The molecule has 2 rings (SSSR count). The van der Waals surface area contributed by atoms with Crippen molar-refractivity contribution in [3.8, 4) is 5.75 Å². The predicted octanol–water partition coefficient (Wildman–Crippen LogP) is 1.48. The van der Waals surface area contributed by atoms with Gasteiger partial charge >= 0.3 is 0 Å². The fourth-order valence-electron chi connectivity index (χ4n) is 2.31. The van der Waals surface area contributed by atoms with Crippen LogP contribution >= 0.6 is 0 Å². The third kappa shape index (κ3) is 2.94. The average Bonchev–Trinajstić information content (AvgIpc) is 2.75. The Balaban J connectivity index is 2.26. The number of rotatable bonds is 5. The molecule has 0 amide bonds. The Hall–Kier alpha value is -1.85. The van der Waals surface area contributed by atoms with E-state index in [4.69, 9.17) is 10.6 Å². The summed E-state index contributed by atoms with van der Waals surface area (Å²) in [6, 6.07) is 7.99. The molecule has 0 bridgehead atoms. The molecule has 0 aliphatic carbocycles. The van der Waals surface area contributed by atoms with Gasteiger partial charge in [-0.05, 0) is 25.0 Å². The summed E-state index contributed by atoms with van der Waals surface area (Å²) in [5, 5.41) is 4.35. The Morgan fingerprint density at radius 2 is 2.16 bits per heavy atom. The number of nitrogens with two attached hydrogens (primary N) is 1. The number of para-hydroxylation sites is 1. The first-order valence-electron chi connectivity index (χ1n) is 6.24. The van der Waals surface area contributed by atoms with Gasteiger partial charge in [-0.15, -0.1) is 0 Å². The van der Waals surface area contributed by atoms with E-state index in [9.17, 15) is 0 Å². The molecule has 102 valence electrons. The summed E-state index contributed by atoms with van der Waals surface area (Å²) in [5.74, 6) is 6.57. The summed E-state index contributed by atoms with van der Waals surface area (Å²) in [4.78, 5) is 0. The van der Waals surface area contributed by atoms with E-state index in [0.29, 0.717) is 0 Å². The highest BCUT2D eigenvalue weighted by Crippen LogP contribution is 2.25. The number of aryl methyl sites for hydroxylation is 2. The smallest absolute Gasteiger partial charge is 0.122 e. The molecule has 1 heterocycles. The van der Waals surface area contributed by atoms with Crippen LogP contribution in [0, 0.1) is 6.92 Å². The molecule has 0 spiro atoms. The van der Waals surface area contributed by atoms with Crippen LogP contribution in [0.3, 0.4) is 0 Å². The number of hydrazine groups is 1. The molecule has 3 N–H and O–H groups in total. The molecule has 5 heteroatoms. The Morgan fingerprint density at radius 3 is 2.74 bits per heavy atom. The maximum absolute atomic E-state index is 5.69. The van der Waals surface area contributed by atoms with Crippen molar-refractivity contribution in [1.29, 1.82) is 0 Å². The largest absolute Gasteiger partial charge is 0.496 e. The van der Waals surface area contributed by atoms with Crippen LogP contribution in [0.25, 0.3) is 0 Å². The van der Waals surface area contributed by atoms with Crippen molar-refractivity contribution in [2.75, 3.05) is 7.11 Å². The molecule has 1 unspecified atom stereocenters. The number of ether oxygens (including phenoxy) is 1. The lowest BCUT2D eigenvalue weighted by atomic mass is 9.99. The third-order valence-electron chi connectivity index (χ3n) is 3.24. The Kier molecular flexibility index (Phi) is 4.19. The lowest BCUT2D eigenvalue weighted by Crippen LogP contribution is -2.30. The van der Waals surface area contributed by atoms with Crippen molar-refractivity contribution >= 4 is 0 Å². The highest BCUT2D eigenvalue weighted by Gasteiger charge is 2.17. The zero-order chi connectivity index (χ0) is 13.8. The van der Waals surface area contributed by atoms with Crippen LogP contribution in [0.15, 0.2) is 30.5 Å². The summed E-state index contributed by atoms with van der Waals surface area (Å²) in [5.41, 5.74) is 6.08. The van der Waals surface area contributed by atoms with E-state index in [1.807, 2.05) is 38.4 Å². The summed E-state index contributed by atoms with van der Waals surface area (Å²) in [7, 11) is 3.59. The van der Waals surface area contributed by atoms with Gasteiger partial charge in [-0.3, -0.25) is 16.0 Å². The highest BCUT2D eigenvalue weighted by atomic mass is 16.5. The number of nitrogens with one attached hydrogen (secondary N) is 1. The van der Waals surface area contributed by atoms with E-state index in [1.165, 1.54) is 0 Å². The Bertz CT molecular complexity index is 550. The Morgan fingerprint density at radius 1 is 1.42 bits per heavy atom. The second-order valence-electron chi connectivity index (χ2n) is 4.58. The molecule has 1 atom stereocenters. The molecule has 0 radical (unpaired) electrons. The SMILES string of the molecule is COc1ccccc1CC(NN)c1cn(C)nc1C. The van der Waals surface area contributed by atoms with Gasteiger partial charge in [0.2, 0.25) is 0 Å². The summed E-state index contributed by atoms with van der Waals surface area (Å²) in [6.45, 7) is 1.99. The first-order chi connectivity index (χ1) is 9.15. The number of hydrogen-bond donors (Lipinski definition) is 2.